The van der Waals surface area contributed by atoms with Crippen LogP contribution in [0.5, 0.6) is 5.75 Å². The van der Waals surface area contributed by atoms with Gasteiger partial charge in [0.05, 0.1) is 12.7 Å². The molecule has 3 nitrogen and oxygen atoms in total. The highest BCUT2D eigenvalue weighted by Gasteiger charge is 2.17. The van der Waals surface area contributed by atoms with Crippen LogP contribution >= 0.6 is 0 Å². The maximum absolute atomic E-state index is 9.79. The predicted molar refractivity (Wildman–Crippen MR) is 84.4 cm³/mol. The van der Waals surface area contributed by atoms with Crippen LogP contribution in [0.25, 0.3) is 0 Å². The molecular formula is C17H29NO2. The minimum absolute atomic E-state index is 0.324. The van der Waals surface area contributed by atoms with Crippen molar-refractivity contribution < 1.29 is 9.84 Å². The average Bonchev–Trinajstić information content (AvgIpc) is 2.45. The Labute approximate surface area is 123 Å². The van der Waals surface area contributed by atoms with Crippen LogP contribution in [0.2, 0.25) is 0 Å². The van der Waals surface area contributed by atoms with Gasteiger partial charge in [0.2, 0.25) is 0 Å². The molecule has 0 fully saturated rings. The van der Waals surface area contributed by atoms with Gasteiger partial charge in [-0.3, -0.25) is 0 Å². The summed E-state index contributed by atoms with van der Waals surface area (Å²) >= 11 is 0. The van der Waals surface area contributed by atoms with E-state index in [1.807, 2.05) is 6.92 Å². The first kappa shape index (κ1) is 17.0. The van der Waals surface area contributed by atoms with Gasteiger partial charge >= 0.3 is 0 Å². The van der Waals surface area contributed by atoms with E-state index in [9.17, 15) is 5.11 Å². The normalized spacial score (nSPS) is 14.3. The van der Waals surface area contributed by atoms with Crippen LogP contribution in [-0.4, -0.2) is 24.4 Å². The summed E-state index contributed by atoms with van der Waals surface area (Å²) in [5.74, 6) is 1.75. The van der Waals surface area contributed by atoms with Crippen molar-refractivity contribution in [1.29, 1.82) is 0 Å². The number of benzene rings is 1. The first-order chi connectivity index (χ1) is 9.53. The molecule has 3 N–H and O–H groups in total. The van der Waals surface area contributed by atoms with Crippen molar-refractivity contribution >= 4 is 0 Å². The molecule has 1 aromatic carbocycles. The zero-order valence-corrected chi connectivity index (χ0v) is 13.2. The van der Waals surface area contributed by atoms with E-state index in [4.69, 9.17) is 10.5 Å². The van der Waals surface area contributed by atoms with E-state index in [0.717, 1.165) is 18.6 Å². The van der Waals surface area contributed by atoms with Crippen molar-refractivity contribution in [2.75, 3.05) is 13.2 Å². The molecule has 0 radical (unpaired) electrons. The van der Waals surface area contributed by atoms with Gasteiger partial charge in [0.1, 0.15) is 5.75 Å². The lowest BCUT2D eigenvalue weighted by molar-refractivity contribution is 0.162. The molecule has 0 heterocycles. The fraction of sp³-hybridized carbons (Fsp3) is 0.647. The van der Waals surface area contributed by atoms with Gasteiger partial charge in [-0.15, -0.1) is 0 Å². The maximum atomic E-state index is 9.79. The number of hydrogen-bond donors (Lipinski definition) is 2. The fourth-order valence-electron chi connectivity index (χ4n) is 2.52. The second-order valence-corrected chi connectivity index (χ2v) is 5.62. The Hall–Kier alpha value is -1.06. The predicted octanol–water partition coefficient (Wildman–Crippen LogP) is 3.41. The molecule has 0 aliphatic heterocycles. The SMILES string of the molecule is CCOc1ccc(C(CC)CC(O)CN)cc1C(C)C. The van der Waals surface area contributed by atoms with E-state index in [0.29, 0.717) is 25.0 Å². The summed E-state index contributed by atoms with van der Waals surface area (Å²) in [5.41, 5.74) is 8.04. The number of ether oxygens (including phenoxy) is 1. The van der Waals surface area contributed by atoms with Gasteiger partial charge in [0.15, 0.2) is 0 Å². The highest BCUT2D eigenvalue weighted by atomic mass is 16.5. The lowest BCUT2D eigenvalue weighted by Gasteiger charge is -2.21. The first-order valence-corrected chi connectivity index (χ1v) is 7.68. The molecule has 0 aliphatic rings. The van der Waals surface area contributed by atoms with Crippen LogP contribution in [0.15, 0.2) is 18.2 Å². The highest BCUT2D eigenvalue weighted by Crippen LogP contribution is 2.33. The third-order valence-corrected chi connectivity index (χ3v) is 3.75. The second kappa shape index (κ2) is 8.28. The Morgan fingerprint density at radius 3 is 2.45 bits per heavy atom. The lowest BCUT2D eigenvalue weighted by atomic mass is 9.88. The number of hydrogen-bond acceptors (Lipinski definition) is 3. The molecule has 0 aliphatic carbocycles. The Morgan fingerprint density at radius 2 is 1.95 bits per heavy atom. The summed E-state index contributed by atoms with van der Waals surface area (Å²) in [6.07, 6.45) is 1.30. The van der Waals surface area contributed by atoms with Gasteiger partial charge in [-0.2, -0.15) is 0 Å². The standard InChI is InChI=1S/C17H29NO2/c1-5-13(9-15(19)11-18)14-7-8-17(20-6-2)16(10-14)12(3)4/h7-8,10,12-13,15,19H,5-6,9,11,18H2,1-4H3. The number of aliphatic hydroxyl groups is 1. The van der Waals surface area contributed by atoms with Gasteiger partial charge < -0.3 is 15.6 Å². The van der Waals surface area contributed by atoms with Crippen molar-refractivity contribution in [2.45, 2.75) is 58.5 Å². The van der Waals surface area contributed by atoms with Crippen LogP contribution < -0.4 is 10.5 Å². The van der Waals surface area contributed by atoms with Crippen molar-refractivity contribution in [1.82, 2.24) is 0 Å². The zero-order valence-electron chi connectivity index (χ0n) is 13.2. The monoisotopic (exact) mass is 279 g/mol. The van der Waals surface area contributed by atoms with Gasteiger partial charge in [0.25, 0.3) is 0 Å². The van der Waals surface area contributed by atoms with E-state index in [-0.39, 0.29) is 0 Å². The fourth-order valence-corrected chi connectivity index (χ4v) is 2.52. The minimum atomic E-state index is -0.422. The van der Waals surface area contributed by atoms with Crippen LogP contribution in [0.1, 0.15) is 63.5 Å². The number of rotatable bonds is 8. The van der Waals surface area contributed by atoms with E-state index in [1.54, 1.807) is 0 Å². The molecule has 0 aromatic heterocycles. The molecule has 0 saturated carbocycles. The molecule has 1 rings (SSSR count). The molecular weight excluding hydrogens is 250 g/mol. The zero-order chi connectivity index (χ0) is 15.1. The molecule has 2 atom stereocenters. The molecule has 0 spiro atoms. The van der Waals surface area contributed by atoms with Crippen LogP contribution in [-0.2, 0) is 0 Å². The molecule has 0 amide bonds. The van der Waals surface area contributed by atoms with Crippen molar-refractivity contribution in [3.63, 3.8) is 0 Å². The van der Waals surface area contributed by atoms with Crippen molar-refractivity contribution in [3.8, 4) is 5.75 Å². The smallest absolute Gasteiger partial charge is 0.122 e. The Balaban J connectivity index is 3.02. The quantitative estimate of drug-likeness (QED) is 0.766. The first-order valence-electron chi connectivity index (χ1n) is 7.68. The maximum Gasteiger partial charge on any atom is 0.122 e. The lowest BCUT2D eigenvalue weighted by Crippen LogP contribution is -2.22. The molecule has 0 bridgehead atoms. The van der Waals surface area contributed by atoms with E-state index in [1.165, 1.54) is 11.1 Å². The number of aliphatic hydroxyl groups excluding tert-OH is 1. The summed E-state index contributed by atoms with van der Waals surface area (Å²) in [6.45, 7) is 9.52. The van der Waals surface area contributed by atoms with Crippen molar-refractivity contribution in [3.05, 3.63) is 29.3 Å². The Kier molecular flexibility index (Phi) is 7.03. The van der Waals surface area contributed by atoms with Gasteiger partial charge in [-0.1, -0.05) is 32.9 Å². The van der Waals surface area contributed by atoms with Crippen LogP contribution in [0, 0.1) is 0 Å². The Morgan fingerprint density at radius 1 is 1.25 bits per heavy atom. The minimum Gasteiger partial charge on any atom is -0.494 e. The summed E-state index contributed by atoms with van der Waals surface area (Å²) in [4.78, 5) is 0. The van der Waals surface area contributed by atoms with Crippen LogP contribution in [0.4, 0.5) is 0 Å². The van der Waals surface area contributed by atoms with Gasteiger partial charge in [-0.05, 0) is 48.8 Å². The van der Waals surface area contributed by atoms with E-state index in [2.05, 4.69) is 39.0 Å². The third kappa shape index (κ3) is 4.50. The summed E-state index contributed by atoms with van der Waals surface area (Å²) in [5, 5.41) is 9.79. The van der Waals surface area contributed by atoms with Gasteiger partial charge in [-0.25, -0.2) is 0 Å². The van der Waals surface area contributed by atoms with Gasteiger partial charge in [0, 0.05) is 6.54 Å². The topological polar surface area (TPSA) is 55.5 Å². The van der Waals surface area contributed by atoms with Crippen molar-refractivity contribution in [2.24, 2.45) is 5.73 Å². The van der Waals surface area contributed by atoms with E-state index < -0.39 is 6.10 Å². The third-order valence-electron chi connectivity index (χ3n) is 3.75. The molecule has 2 unspecified atom stereocenters. The molecule has 0 saturated heterocycles. The molecule has 20 heavy (non-hydrogen) atoms. The van der Waals surface area contributed by atoms with Crippen LogP contribution in [0.3, 0.4) is 0 Å². The number of nitrogens with two attached hydrogens (primary N) is 1. The highest BCUT2D eigenvalue weighted by molar-refractivity contribution is 5.40. The largest absolute Gasteiger partial charge is 0.494 e. The molecule has 3 heteroatoms. The summed E-state index contributed by atoms with van der Waals surface area (Å²) in [7, 11) is 0. The molecule has 114 valence electrons. The molecule has 1 aromatic rings. The Bertz CT molecular complexity index is 404. The second-order valence-electron chi connectivity index (χ2n) is 5.62. The van der Waals surface area contributed by atoms with E-state index >= 15 is 0 Å². The summed E-state index contributed by atoms with van der Waals surface area (Å²) < 4.78 is 5.70. The average molecular weight is 279 g/mol. The summed E-state index contributed by atoms with van der Waals surface area (Å²) in [6, 6.07) is 6.41.